The van der Waals surface area contributed by atoms with E-state index in [1.807, 2.05) is 0 Å². The molecule has 0 saturated carbocycles. The van der Waals surface area contributed by atoms with Crippen molar-refractivity contribution in [2.45, 2.75) is 97.5 Å². The van der Waals surface area contributed by atoms with Gasteiger partial charge >= 0.3 is 0 Å². The van der Waals surface area contributed by atoms with E-state index in [1.165, 1.54) is 74.5 Å². The van der Waals surface area contributed by atoms with Crippen LogP contribution in [0.1, 0.15) is 103 Å². The van der Waals surface area contributed by atoms with Crippen LogP contribution in [-0.4, -0.2) is 13.2 Å². The first-order valence-corrected chi connectivity index (χ1v) is 12.7. The van der Waals surface area contributed by atoms with Crippen molar-refractivity contribution in [3.8, 4) is 16.9 Å². The van der Waals surface area contributed by atoms with E-state index < -0.39 is 0 Å². The van der Waals surface area contributed by atoms with Gasteiger partial charge in [0.25, 0.3) is 0 Å². The van der Waals surface area contributed by atoms with Crippen molar-refractivity contribution in [3.05, 3.63) is 54.1 Å². The van der Waals surface area contributed by atoms with Crippen LogP contribution in [0.5, 0.6) is 5.75 Å². The molecule has 0 aliphatic rings. The smallest absolute Gasteiger partial charge is 0.119 e. The van der Waals surface area contributed by atoms with Gasteiger partial charge in [0.2, 0.25) is 0 Å². The average molecular weight is 425 g/mol. The molecule has 2 heteroatoms. The Kier molecular flexibility index (Phi) is 13.1. The van der Waals surface area contributed by atoms with Gasteiger partial charge in [-0.05, 0) is 48.6 Å². The molecule has 0 saturated heterocycles. The molecule has 0 amide bonds. The lowest BCUT2D eigenvalue weighted by atomic mass is 10.0. The number of hydrogen-bond acceptors (Lipinski definition) is 2. The zero-order valence-corrected chi connectivity index (χ0v) is 20.2. The van der Waals surface area contributed by atoms with Gasteiger partial charge in [0.1, 0.15) is 5.75 Å². The SMILES string of the molecule is CCCCCCCCCOc1ccc(-c2ccc(C(C)OCCCCCC)cc2)cc1. The monoisotopic (exact) mass is 424 g/mol. The Balaban J connectivity index is 1.70. The van der Waals surface area contributed by atoms with Gasteiger partial charge in [0.15, 0.2) is 0 Å². The third kappa shape index (κ3) is 10.4. The predicted molar refractivity (Wildman–Crippen MR) is 134 cm³/mol. The maximum Gasteiger partial charge on any atom is 0.119 e. The summed E-state index contributed by atoms with van der Waals surface area (Å²) in [6.45, 7) is 8.32. The highest BCUT2D eigenvalue weighted by Gasteiger charge is 2.06. The van der Waals surface area contributed by atoms with Crippen molar-refractivity contribution in [1.29, 1.82) is 0 Å². The first-order chi connectivity index (χ1) is 15.2. The average Bonchev–Trinajstić information content (AvgIpc) is 2.81. The van der Waals surface area contributed by atoms with Gasteiger partial charge in [-0.1, -0.05) is 108 Å². The van der Waals surface area contributed by atoms with Gasteiger partial charge in [0.05, 0.1) is 12.7 Å². The zero-order chi connectivity index (χ0) is 22.2. The molecule has 2 rings (SSSR count). The molecule has 2 aromatic carbocycles. The molecule has 31 heavy (non-hydrogen) atoms. The maximum atomic E-state index is 6.00. The molecule has 0 radical (unpaired) electrons. The van der Waals surface area contributed by atoms with Crippen molar-refractivity contribution in [2.24, 2.45) is 0 Å². The standard InChI is InChI=1S/C29H44O2/c1-4-6-8-10-11-12-14-24-31-29-21-19-28(20-22-29)27-17-15-26(16-18-27)25(3)30-23-13-9-7-5-2/h15-22,25H,4-14,23-24H2,1-3H3. The highest BCUT2D eigenvalue weighted by molar-refractivity contribution is 5.64. The van der Waals surface area contributed by atoms with E-state index in [0.717, 1.165) is 31.8 Å². The second-order valence-corrected chi connectivity index (χ2v) is 8.69. The van der Waals surface area contributed by atoms with Gasteiger partial charge < -0.3 is 9.47 Å². The fourth-order valence-corrected chi connectivity index (χ4v) is 3.82. The molecule has 2 nitrogen and oxygen atoms in total. The Labute approximate surface area is 191 Å². The van der Waals surface area contributed by atoms with Crippen LogP contribution in [0.15, 0.2) is 48.5 Å². The first-order valence-electron chi connectivity index (χ1n) is 12.7. The van der Waals surface area contributed by atoms with Crippen LogP contribution in [0.4, 0.5) is 0 Å². The van der Waals surface area contributed by atoms with E-state index in [4.69, 9.17) is 9.47 Å². The molecule has 0 bridgehead atoms. The van der Waals surface area contributed by atoms with Crippen molar-refractivity contribution in [1.82, 2.24) is 0 Å². The first kappa shape index (κ1) is 25.5. The summed E-state index contributed by atoms with van der Waals surface area (Å²) in [4.78, 5) is 0. The van der Waals surface area contributed by atoms with E-state index in [2.05, 4.69) is 69.3 Å². The van der Waals surface area contributed by atoms with Crippen molar-refractivity contribution >= 4 is 0 Å². The number of ether oxygens (including phenoxy) is 2. The normalized spacial score (nSPS) is 12.1. The molecule has 0 N–H and O–H groups in total. The van der Waals surface area contributed by atoms with Crippen molar-refractivity contribution < 1.29 is 9.47 Å². The summed E-state index contributed by atoms with van der Waals surface area (Å²) in [6.07, 6.45) is 14.3. The summed E-state index contributed by atoms with van der Waals surface area (Å²) in [7, 11) is 0. The van der Waals surface area contributed by atoms with Crippen molar-refractivity contribution in [3.63, 3.8) is 0 Å². The molecular formula is C29H44O2. The number of rotatable bonds is 17. The Morgan fingerprint density at radius 2 is 1.06 bits per heavy atom. The lowest BCUT2D eigenvalue weighted by Crippen LogP contribution is -2.01. The van der Waals surface area contributed by atoms with Crippen LogP contribution in [0.25, 0.3) is 11.1 Å². The molecule has 0 aliphatic carbocycles. The second-order valence-electron chi connectivity index (χ2n) is 8.69. The summed E-state index contributed by atoms with van der Waals surface area (Å²) in [6, 6.07) is 17.3. The molecule has 2 aromatic rings. The Morgan fingerprint density at radius 3 is 1.68 bits per heavy atom. The molecule has 1 unspecified atom stereocenters. The molecule has 1 atom stereocenters. The lowest BCUT2D eigenvalue weighted by molar-refractivity contribution is 0.0628. The molecular weight excluding hydrogens is 380 g/mol. The largest absolute Gasteiger partial charge is 0.494 e. The molecule has 172 valence electrons. The van der Waals surface area contributed by atoms with E-state index in [0.29, 0.717) is 0 Å². The Bertz CT molecular complexity index is 675. The van der Waals surface area contributed by atoms with Crippen molar-refractivity contribution in [2.75, 3.05) is 13.2 Å². The zero-order valence-electron chi connectivity index (χ0n) is 20.2. The minimum atomic E-state index is 0.151. The summed E-state index contributed by atoms with van der Waals surface area (Å²) in [5.74, 6) is 0.969. The van der Waals surface area contributed by atoms with Crippen LogP contribution in [-0.2, 0) is 4.74 Å². The summed E-state index contributed by atoms with van der Waals surface area (Å²) < 4.78 is 11.9. The van der Waals surface area contributed by atoms with Crippen LogP contribution in [0.3, 0.4) is 0 Å². The molecule has 0 heterocycles. The fraction of sp³-hybridized carbons (Fsp3) is 0.586. The Hall–Kier alpha value is -1.80. The predicted octanol–water partition coefficient (Wildman–Crippen LogP) is 9.14. The van der Waals surface area contributed by atoms with Gasteiger partial charge in [-0.15, -0.1) is 0 Å². The summed E-state index contributed by atoms with van der Waals surface area (Å²) in [5.41, 5.74) is 3.70. The second kappa shape index (κ2) is 15.9. The highest BCUT2D eigenvalue weighted by atomic mass is 16.5. The number of unbranched alkanes of at least 4 members (excludes halogenated alkanes) is 9. The number of hydrogen-bond donors (Lipinski definition) is 0. The molecule has 0 aromatic heterocycles. The topological polar surface area (TPSA) is 18.5 Å². The van der Waals surface area contributed by atoms with Crippen LogP contribution in [0, 0.1) is 0 Å². The molecule has 0 spiro atoms. The minimum absolute atomic E-state index is 0.151. The van der Waals surface area contributed by atoms with E-state index in [1.54, 1.807) is 0 Å². The van der Waals surface area contributed by atoms with Gasteiger partial charge in [-0.2, -0.15) is 0 Å². The maximum absolute atomic E-state index is 6.00. The summed E-state index contributed by atoms with van der Waals surface area (Å²) >= 11 is 0. The van der Waals surface area contributed by atoms with E-state index >= 15 is 0 Å². The van der Waals surface area contributed by atoms with Crippen LogP contribution < -0.4 is 4.74 Å². The fourth-order valence-electron chi connectivity index (χ4n) is 3.82. The molecule has 0 fully saturated rings. The lowest BCUT2D eigenvalue weighted by Gasteiger charge is -2.14. The quantitative estimate of drug-likeness (QED) is 0.236. The van der Waals surface area contributed by atoms with Gasteiger partial charge in [-0.25, -0.2) is 0 Å². The van der Waals surface area contributed by atoms with E-state index in [9.17, 15) is 0 Å². The van der Waals surface area contributed by atoms with Gasteiger partial charge in [0, 0.05) is 6.61 Å². The van der Waals surface area contributed by atoms with Crippen LogP contribution >= 0.6 is 0 Å². The Morgan fingerprint density at radius 1 is 0.581 bits per heavy atom. The van der Waals surface area contributed by atoms with E-state index in [-0.39, 0.29) is 6.10 Å². The van der Waals surface area contributed by atoms with Crippen LogP contribution in [0.2, 0.25) is 0 Å². The molecule has 0 aliphatic heterocycles. The highest BCUT2D eigenvalue weighted by Crippen LogP contribution is 2.25. The number of benzene rings is 2. The third-order valence-corrected chi connectivity index (χ3v) is 5.95. The minimum Gasteiger partial charge on any atom is -0.494 e. The third-order valence-electron chi connectivity index (χ3n) is 5.95. The summed E-state index contributed by atoms with van der Waals surface area (Å²) in [5, 5.41) is 0. The van der Waals surface area contributed by atoms with Gasteiger partial charge in [-0.3, -0.25) is 0 Å².